The highest BCUT2D eigenvalue weighted by atomic mass is 19.3. The Morgan fingerprint density at radius 3 is 2.87 bits per heavy atom. The average Bonchev–Trinajstić information content (AvgIpc) is 3.35. The van der Waals surface area contributed by atoms with E-state index in [1.54, 1.807) is 22.9 Å². The van der Waals surface area contributed by atoms with Crippen molar-refractivity contribution in [2.75, 3.05) is 11.9 Å². The number of carbonyl (C=O) groups excluding carboxylic acids is 1. The lowest BCUT2D eigenvalue weighted by atomic mass is 10.1. The summed E-state index contributed by atoms with van der Waals surface area (Å²) in [7, 11) is 0. The van der Waals surface area contributed by atoms with Crippen LogP contribution in [-0.2, 0) is 0 Å². The molecule has 10 heteroatoms. The molecule has 0 saturated heterocycles. The molecule has 0 aliphatic heterocycles. The molecule has 0 aliphatic carbocycles. The van der Waals surface area contributed by atoms with Gasteiger partial charge in [0, 0.05) is 41.1 Å². The first-order chi connectivity index (χ1) is 14.5. The largest absolute Gasteiger partial charge is 0.352 e. The van der Waals surface area contributed by atoms with Crippen LogP contribution in [0.3, 0.4) is 0 Å². The Labute approximate surface area is 170 Å². The molecule has 1 unspecified atom stereocenters. The summed E-state index contributed by atoms with van der Waals surface area (Å²) in [5.74, 6) is -0.0590. The quantitative estimate of drug-likeness (QED) is 0.431. The number of alkyl halides is 2. The van der Waals surface area contributed by atoms with Crippen LogP contribution in [0, 0.1) is 0 Å². The number of nitrogens with one attached hydrogen (secondary N) is 3. The minimum absolute atomic E-state index is 0.184. The van der Waals surface area contributed by atoms with Crippen molar-refractivity contribution in [1.82, 2.24) is 29.7 Å². The van der Waals surface area contributed by atoms with Gasteiger partial charge in [-0.1, -0.05) is 6.92 Å². The van der Waals surface area contributed by atoms with Crippen molar-refractivity contribution in [1.29, 1.82) is 0 Å². The average molecular weight is 413 g/mol. The molecule has 3 N–H and O–H groups in total. The molecule has 0 saturated carbocycles. The summed E-state index contributed by atoms with van der Waals surface area (Å²) in [6.45, 7) is 3.43. The Hall–Kier alpha value is -3.56. The van der Waals surface area contributed by atoms with Crippen LogP contribution in [0.4, 0.5) is 14.7 Å². The number of carbonyl (C=O) groups is 1. The van der Waals surface area contributed by atoms with E-state index in [4.69, 9.17) is 0 Å². The Morgan fingerprint density at radius 2 is 2.10 bits per heavy atom. The van der Waals surface area contributed by atoms with Crippen molar-refractivity contribution in [2.24, 2.45) is 0 Å². The Bertz CT molecular complexity index is 1200. The van der Waals surface area contributed by atoms with Gasteiger partial charge in [0.1, 0.15) is 17.0 Å². The minimum atomic E-state index is -2.62. The van der Waals surface area contributed by atoms with Gasteiger partial charge in [0.15, 0.2) is 0 Å². The van der Waals surface area contributed by atoms with Crippen molar-refractivity contribution in [3.8, 4) is 11.1 Å². The molecule has 0 fully saturated rings. The second-order valence-electron chi connectivity index (χ2n) is 7.00. The molecule has 4 aromatic heterocycles. The number of rotatable bonds is 7. The fourth-order valence-electron chi connectivity index (χ4n) is 3.11. The zero-order chi connectivity index (χ0) is 21.3. The van der Waals surface area contributed by atoms with Gasteiger partial charge in [0.2, 0.25) is 5.95 Å². The first-order valence-corrected chi connectivity index (χ1v) is 9.60. The van der Waals surface area contributed by atoms with Crippen LogP contribution < -0.4 is 10.6 Å². The van der Waals surface area contributed by atoms with Crippen molar-refractivity contribution >= 4 is 28.5 Å². The van der Waals surface area contributed by atoms with Crippen LogP contribution in [0.5, 0.6) is 0 Å². The van der Waals surface area contributed by atoms with Crippen molar-refractivity contribution < 1.29 is 13.6 Å². The smallest absolute Gasteiger partial charge is 0.270 e. The molecule has 0 aliphatic rings. The van der Waals surface area contributed by atoms with E-state index in [0.717, 1.165) is 22.9 Å². The molecule has 0 aromatic carbocycles. The van der Waals surface area contributed by atoms with Gasteiger partial charge in [-0.05, 0) is 25.5 Å². The van der Waals surface area contributed by atoms with Crippen molar-refractivity contribution in [3.63, 3.8) is 0 Å². The molecule has 1 amide bonds. The second-order valence-corrected chi connectivity index (χ2v) is 7.00. The van der Waals surface area contributed by atoms with Gasteiger partial charge in [-0.25, -0.2) is 18.7 Å². The number of amides is 1. The lowest BCUT2D eigenvalue weighted by Crippen LogP contribution is -2.29. The topological polar surface area (TPSA) is 100 Å². The molecule has 0 radical (unpaired) electrons. The van der Waals surface area contributed by atoms with Crippen LogP contribution in [0.2, 0.25) is 0 Å². The van der Waals surface area contributed by atoms with E-state index in [2.05, 4.69) is 44.4 Å². The Morgan fingerprint density at radius 1 is 1.27 bits per heavy atom. The van der Waals surface area contributed by atoms with Gasteiger partial charge < -0.3 is 15.6 Å². The maximum atomic E-state index is 12.4. The number of hydrogen-bond acceptors (Lipinski definition) is 5. The van der Waals surface area contributed by atoms with Crippen LogP contribution in [0.15, 0.2) is 36.9 Å². The first-order valence-electron chi connectivity index (χ1n) is 9.60. The molecule has 0 bridgehead atoms. The lowest BCUT2D eigenvalue weighted by molar-refractivity contribution is 0.0886. The third kappa shape index (κ3) is 3.80. The molecule has 0 spiro atoms. The Kier molecular flexibility index (Phi) is 5.30. The maximum Gasteiger partial charge on any atom is 0.270 e. The van der Waals surface area contributed by atoms with E-state index in [1.807, 2.05) is 12.3 Å². The van der Waals surface area contributed by atoms with Gasteiger partial charge in [0.25, 0.3) is 12.3 Å². The normalized spacial score (nSPS) is 12.6. The fraction of sp³-hybridized carbons (Fsp3) is 0.300. The number of imidazole rings is 1. The highest BCUT2D eigenvalue weighted by Crippen LogP contribution is 2.28. The van der Waals surface area contributed by atoms with E-state index < -0.39 is 18.9 Å². The minimum Gasteiger partial charge on any atom is -0.352 e. The second kappa shape index (κ2) is 8.05. The number of halogens is 2. The van der Waals surface area contributed by atoms with Gasteiger partial charge in [-0.2, -0.15) is 4.98 Å². The van der Waals surface area contributed by atoms with Gasteiger partial charge in [0.05, 0.1) is 12.7 Å². The number of aromatic nitrogens is 5. The number of hydrogen-bond donors (Lipinski definition) is 3. The summed E-state index contributed by atoms with van der Waals surface area (Å²) in [6.07, 6.45) is 5.01. The number of pyridine rings is 1. The molecule has 156 valence electrons. The van der Waals surface area contributed by atoms with Crippen molar-refractivity contribution in [3.05, 3.63) is 42.6 Å². The van der Waals surface area contributed by atoms with Crippen LogP contribution >= 0.6 is 0 Å². The van der Waals surface area contributed by atoms with Gasteiger partial charge in [-0.15, -0.1) is 0 Å². The third-order valence-electron chi connectivity index (χ3n) is 4.89. The van der Waals surface area contributed by atoms with E-state index in [0.29, 0.717) is 17.2 Å². The van der Waals surface area contributed by atoms with Crippen LogP contribution in [0.25, 0.3) is 27.8 Å². The maximum absolute atomic E-state index is 12.4. The molecule has 1 atom stereocenters. The highest BCUT2D eigenvalue weighted by Gasteiger charge is 2.16. The molecule has 4 aromatic rings. The zero-order valence-corrected chi connectivity index (χ0v) is 16.5. The summed E-state index contributed by atoms with van der Waals surface area (Å²) in [6, 6.07) is 3.89. The standard InChI is InChI=1S/C20H21F2N7O/c1-3-11(2)27-20-26-7-14-13(6-24-18(14)28-20)12-4-5-17-23-8-15(29(17)10-12)19(30)25-9-16(21)22/h4-8,10-11,16H,3,9H2,1-2H3,(H,25,30)(H2,24,26,27,28). The molecular formula is C20H21F2N7O. The number of nitrogens with zero attached hydrogens (tertiary/aromatic N) is 4. The summed E-state index contributed by atoms with van der Waals surface area (Å²) >= 11 is 0. The SMILES string of the molecule is CCC(C)Nc1ncc2c(-c3ccc4ncc(C(=O)NCC(F)F)n4c3)c[nH]c2n1. The van der Waals surface area contributed by atoms with Crippen molar-refractivity contribution in [2.45, 2.75) is 32.7 Å². The highest BCUT2D eigenvalue weighted by molar-refractivity contribution is 5.95. The molecule has 4 heterocycles. The summed E-state index contributed by atoms with van der Waals surface area (Å²) in [5.41, 5.74) is 3.07. The fourth-order valence-corrected chi connectivity index (χ4v) is 3.11. The lowest BCUT2D eigenvalue weighted by Gasteiger charge is -2.10. The number of H-pyrrole nitrogens is 1. The van der Waals surface area contributed by atoms with E-state index in [9.17, 15) is 13.6 Å². The number of anilines is 1. The van der Waals surface area contributed by atoms with Gasteiger partial charge in [-0.3, -0.25) is 9.20 Å². The predicted octanol–water partition coefficient (Wildman–Crippen LogP) is 3.48. The number of fused-ring (bicyclic) bond motifs is 2. The molecule has 8 nitrogen and oxygen atoms in total. The van der Waals surface area contributed by atoms with Crippen LogP contribution in [0.1, 0.15) is 30.8 Å². The summed E-state index contributed by atoms with van der Waals surface area (Å²) < 4.78 is 26.4. The van der Waals surface area contributed by atoms with E-state index in [-0.39, 0.29) is 11.7 Å². The number of aromatic amines is 1. The van der Waals surface area contributed by atoms with E-state index in [1.165, 1.54) is 6.20 Å². The molecule has 30 heavy (non-hydrogen) atoms. The third-order valence-corrected chi connectivity index (χ3v) is 4.89. The first kappa shape index (κ1) is 19.7. The van der Waals surface area contributed by atoms with Gasteiger partial charge >= 0.3 is 0 Å². The predicted molar refractivity (Wildman–Crippen MR) is 110 cm³/mol. The monoisotopic (exact) mass is 413 g/mol. The van der Waals surface area contributed by atoms with E-state index >= 15 is 0 Å². The Balaban J connectivity index is 1.68. The summed E-state index contributed by atoms with van der Waals surface area (Å²) in [5, 5.41) is 6.27. The van der Waals surface area contributed by atoms with Crippen LogP contribution in [-0.4, -0.2) is 49.3 Å². The molecule has 4 rings (SSSR count). The zero-order valence-electron chi connectivity index (χ0n) is 16.5. The summed E-state index contributed by atoms with van der Waals surface area (Å²) in [4.78, 5) is 28.5. The molecular weight excluding hydrogens is 392 g/mol.